The van der Waals surface area contributed by atoms with Gasteiger partial charge in [0.15, 0.2) is 5.69 Å². The summed E-state index contributed by atoms with van der Waals surface area (Å²) in [7, 11) is 0. The number of hydrogen-bond donors (Lipinski definition) is 2. The SMILES string of the molecule is Cc1cc(C)n(CCCNC(=O)c2cn(CCN)nn2)n1. The molecule has 2 aromatic heterocycles. The summed E-state index contributed by atoms with van der Waals surface area (Å²) in [6.45, 7) is 6.36. The smallest absolute Gasteiger partial charge is 0.273 e. The van der Waals surface area contributed by atoms with E-state index in [4.69, 9.17) is 5.73 Å². The highest BCUT2D eigenvalue weighted by Gasteiger charge is 2.09. The van der Waals surface area contributed by atoms with E-state index in [1.54, 1.807) is 10.9 Å². The number of rotatable bonds is 7. The molecule has 8 heteroatoms. The molecule has 0 aliphatic rings. The van der Waals surface area contributed by atoms with Gasteiger partial charge in [-0.1, -0.05) is 5.21 Å². The number of nitrogens with two attached hydrogens (primary N) is 1. The van der Waals surface area contributed by atoms with Gasteiger partial charge in [-0.2, -0.15) is 5.10 Å². The van der Waals surface area contributed by atoms with E-state index in [0.717, 1.165) is 24.4 Å². The maximum absolute atomic E-state index is 11.9. The van der Waals surface area contributed by atoms with Crippen LogP contribution >= 0.6 is 0 Å². The van der Waals surface area contributed by atoms with Crippen molar-refractivity contribution in [3.8, 4) is 0 Å². The van der Waals surface area contributed by atoms with Crippen molar-refractivity contribution < 1.29 is 4.79 Å². The topological polar surface area (TPSA) is 104 Å². The molecule has 0 aromatic carbocycles. The van der Waals surface area contributed by atoms with Crippen LogP contribution < -0.4 is 11.1 Å². The lowest BCUT2D eigenvalue weighted by atomic mass is 10.3. The van der Waals surface area contributed by atoms with Crippen molar-refractivity contribution in [3.63, 3.8) is 0 Å². The fraction of sp³-hybridized carbons (Fsp3) is 0.538. The number of carbonyl (C=O) groups is 1. The summed E-state index contributed by atoms with van der Waals surface area (Å²) in [5, 5.41) is 14.8. The highest BCUT2D eigenvalue weighted by Crippen LogP contribution is 2.02. The van der Waals surface area contributed by atoms with Gasteiger partial charge in [0, 0.05) is 25.3 Å². The molecular weight excluding hydrogens is 270 g/mol. The van der Waals surface area contributed by atoms with Gasteiger partial charge >= 0.3 is 0 Å². The van der Waals surface area contributed by atoms with Gasteiger partial charge in [-0.3, -0.25) is 14.2 Å². The van der Waals surface area contributed by atoms with Crippen LogP contribution in [-0.4, -0.2) is 43.8 Å². The minimum atomic E-state index is -0.216. The van der Waals surface area contributed by atoms with Crippen molar-refractivity contribution in [2.45, 2.75) is 33.4 Å². The molecular formula is C13H21N7O. The number of carbonyl (C=O) groups excluding carboxylic acids is 1. The van der Waals surface area contributed by atoms with Crippen molar-refractivity contribution in [1.82, 2.24) is 30.1 Å². The lowest BCUT2D eigenvalue weighted by Gasteiger charge is -2.05. The molecule has 0 atom stereocenters. The van der Waals surface area contributed by atoms with Crippen LogP contribution in [-0.2, 0) is 13.1 Å². The molecule has 0 fully saturated rings. The van der Waals surface area contributed by atoms with Crippen LogP contribution in [0.2, 0.25) is 0 Å². The Morgan fingerprint density at radius 3 is 2.86 bits per heavy atom. The van der Waals surface area contributed by atoms with E-state index >= 15 is 0 Å². The Morgan fingerprint density at radius 1 is 1.38 bits per heavy atom. The zero-order valence-corrected chi connectivity index (χ0v) is 12.4. The quantitative estimate of drug-likeness (QED) is 0.692. The van der Waals surface area contributed by atoms with E-state index in [9.17, 15) is 4.79 Å². The second kappa shape index (κ2) is 6.98. The van der Waals surface area contributed by atoms with Crippen LogP contribution in [0.25, 0.3) is 0 Å². The first-order valence-electron chi connectivity index (χ1n) is 6.99. The molecule has 0 aliphatic carbocycles. The van der Waals surface area contributed by atoms with Crippen LogP contribution in [0, 0.1) is 13.8 Å². The molecule has 2 rings (SSSR count). The molecule has 3 N–H and O–H groups in total. The Bertz CT molecular complexity index is 601. The van der Waals surface area contributed by atoms with Crippen LogP contribution in [0.1, 0.15) is 28.3 Å². The summed E-state index contributed by atoms with van der Waals surface area (Å²) < 4.78 is 3.50. The molecule has 114 valence electrons. The molecule has 0 bridgehead atoms. The minimum absolute atomic E-state index is 0.216. The van der Waals surface area contributed by atoms with E-state index in [2.05, 4.69) is 20.7 Å². The Labute approximate surface area is 123 Å². The summed E-state index contributed by atoms with van der Waals surface area (Å²) in [4.78, 5) is 11.9. The zero-order chi connectivity index (χ0) is 15.2. The van der Waals surface area contributed by atoms with Gasteiger partial charge < -0.3 is 11.1 Å². The molecule has 21 heavy (non-hydrogen) atoms. The molecule has 2 aromatic rings. The summed E-state index contributed by atoms with van der Waals surface area (Å²) in [6, 6.07) is 2.04. The van der Waals surface area contributed by atoms with Crippen LogP contribution in [0.5, 0.6) is 0 Å². The first-order valence-corrected chi connectivity index (χ1v) is 6.99. The summed E-state index contributed by atoms with van der Waals surface area (Å²) in [5.41, 5.74) is 7.87. The highest BCUT2D eigenvalue weighted by molar-refractivity contribution is 5.91. The Hall–Kier alpha value is -2.22. The average Bonchev–Trinajstić information content (AvgIpc) is 3.02. The van der Waals surface area contributed by atoms with Crippen molar-refractivity contribution in [2.24, 2.45) is 5.73 Å². The minimum Gasteiger partial charge on any atom is -0.351 e. The molecule has 0 saturated heterocycles. The van der Waals surface area contributed by atoms with Gasteiger partial charge in [-0.25, -0.2) is 0 Å². The highest BCUT2D eigenvalue weighted by atomic mass is 16.2. The Balaban J connectivity index is 1.75. The van der Waals surface area contributed by atoms with Crippen LogP contribution in [0.3, 0.4) is 0 Å². The van der Waals surface area contributed by atoms with E-state index in [-0.39, 0.29) is 5.91 Å². The van der Waals surface area contributed by atoms with Gasteiger partial charge in [0.25, 0.3) is 5.91 Å². The van der Waals surface area contributed by atoms with E-state index < -0.39 is 0 Å². The molecule has 2 heterocycles. The van der Waals surface area contributed by atoms with Gasteiger partial charge in [0.1, 0.15) is 0 Å². The lowest BCUT2D eigenvalue weighted by Crippen LogP contribution is -2.25. The van der Waals surface area contributed by atoms with E-state index in [1.165, 1.54) is 0 Å². The average molecular weight is 291 g/mol. The van der Waals surface area contributed by atoms with Gasteiger partial charge in [-0.05, 0) is 26.3 Å². The van der Waals surface area contributed by atoms with Crippen LogP contribution in [0.4, 0.5) is 0 Å². The lowest BCUT2D eigenvalue weighted by molar-refractivity contribution is 0.0947. The first kappa shape index (κ1) is 15.2. The number of aryl methyl sites for hydroxylation is 3. The molecule has 0 radical (unpaired) electrons. The van der Waals surface area contributed by atoms with E-state index in [1.807, 2.05) is 24.6 Å². The van der Waals surface area contributed by atoms with Crippen molar-refractivity contribution in [3.05, 3.63) is 29.3 Å². The fourth-order valence-electron chi connectivity index (χ4n) is 2.07. The third kappa shape index (κ3) is 4.12. The molecule has 1 amide bonds. The standard InChI is InChI=1S/C13H21N7O/c1-10-8-11(2)20(17-10)6-3-5-15-13(21)12-9-19(7-4-14)18-16-12/h8-9H,3-7,14H2,1-2H3,(H,15,21). The van der Waals surface area contributed by atoms with Crippen molar-refractivity contribution in [2.75, 3.05) is 13.1 Å². The van der Waals surface area contributed by atoms with E-state index in [0.29, 0.717) is 25.3 Å². The predicted molar refractivity (Wildman–Crippen MR) is 77.7 cm³/mol. The normalized spacial score (nSPS) is 10.8. The number of nitrogens with one attached hydrogen (secondary N) is 1. The summed E-state index contributed by atoms with van der Waals surface area (Å²) >= 11 is 0. The number of aromatic nitrogens is 5. The van der Waals surface area contributed by atoms with Crippen molar-refractivity contribution in [1.29, 1.82) is 0 Å². The van der Waals surface area contributed by atoms with Gasteiger partial charge in [0.2, 0.25) is 0 Å². The maximum atomic E-state index is 11.9. The van der Waals surface area contributed by atoms with Gasteiger partial charge in [-0.15, -0.1) is 5.10 Å². The first-order chi connectivity index (χ1) is 10.1. The number of amides is 1. The molecule has 8 nitrogen and oxygen atoms in total. The van der Waals surface area contributed by atoms with Crippen LogP contribution in [0.15, 0.2) is 12.3 Å². The molecule has 0 unspecified atom stereocenters. The third-order valence-electron chi connectivity index (χ3n) is 3.07. The van der Waals surface area contributed by atoms with Gasteiger partial charge in [0.05, 0.1) is 18.4 Å². The number of hydrogen-bond acceptors (Lipinski definition) is 5. The van der Waals surface area contributed by atoms with Crippen molar-refractivity contribution >= 4 is 5.91 Å². The largest absolute Gasteiger partial charge is 0.351 e. The second-order valence-electron chi connectivity index (χ2n) is 4.92. The number of nitrogens with zero attached hydrogens (tertiary/aromatic N) is 5. The maximum Gasteiger partial charge on any atom is 0.273 e. The molecule has 0 aliphatic heterocycles. The molecule has 0 saturated carbocycles. The summed E-state index contributed by atoms with van der Waals surface area (Å²) in [5.74, 6) is -0.216. The fourth-order valence-corrected chi connectivity index (χ4v) is 2.07. The molecule has 0 spiro atoms. The summed E-state index contributed by atoms with van der Waals surface area (Å²) in [6.07, 6.45) is 2.41. The second-order valence-corrected chi connectivity index (χ2v) is 4.92. The monoisotopic (exact) mass is 291 g/mol. The Kier molecular flexibility index (Phi) is 5.04. The predicted octanol–water partition coefficient (Wildman–Crippen LogP) is -0.130. The third-order valence-corrected chi connectivity index (χ3v) is 3.07. The zero-order valence-electron chi connectivity index (χ0n) is 12.4. The Morgan fingerprint density at radius 2 is 2.19 bits per heavy atom.